The van der Waals surface area contributed by atoms with Gasteiger partial charge in [-0.25, -0.2) is 46.3 Å². The van der Waals surface area contributed by atoms with Crippen molar-refractivity contribution in [3.05, 3.63) is 257 Å². The van der Waals surface area contributed by atoms with Crippen molar-refractivity contribution < 1.29 is 89.2 Å². The van der Waals surface area contributed by atoms with Crippen LogP contribution in [0.1, 0.15) is 303 Å². The standard InChI is InChI=1S/C25H32FN3O3.C24H30FN3O3.C22H26FN3O3.C21H24FN3O3.C20H31N5O3/c1-14(2)10-20-21-22(28-27-20)18(24(31)32-15(3)4)12-29(13-25(21,6)7)23(30)17-9-8-16(5)19(26)11-17;1-14(2)10-19-20-21(27-26-19)18(23(30)31-15(3)4)12-28(13-24(20,5)6)22(29)16-8-7-9-17(25)11-16;1-12(2)29-21(28)16-10-26(20(27)15-7-8-17(23)13(3)9-15)11-22(5,6)18-14(4)24-25-19(16)18;1-12(2)28-20(27)16-10-25(19(26)14-7-6-8-15(22)9-14)11-21(4,5)17-13(3)23-24-18(16)17;1-13(2)28-18(26)15-11-25(19(27)24-9-7-23(6)8-10-24)12-20(4,5)16-14(3)21-22-17(15)16/h8-9,11-12,14-15H,10,13H2,1-7H3,(H,27,28);7-9,11-12,14-15H,10,13H2,1-6H3,(H,26,27);7-10,12H,11H2,1-6H3,(H,24,25);6-10,12H,11H2,1-5H3,(H,23,24);11,13H,7-10,12H2,1-6H3,(H,21,22). The quantitative estimate of drug-likeness (QED) is 0.0302. The third-order valence-electron chi connectivity index (χ3n) is 25.5. The van der Waals surface area contributed by atoms with E-state index in [4.69, 9.17) is 23.7 Å². The van der Waals surface area contributed by atoms with Gasteiger partial charge in [-0.2, -0.15) is 25.5 Å². The summed E-state index contributed by atoms with van der Waals surface area (Å²) in [6.45, 7) is 60.0. The molecule has 5 N–H and O–H groups in total. The first-order valence-electron chi connectivity index (χ1n) is 50.1. The van der Waals surface area contributed by atoms with Crippen LogP contribution in [0.5, 0.6) is 0 Å². The zero-order chi connectivity index (χ0) is 109. The van der Waals surface area contributed by atoms with Gasteiger partial charge in [-0.05, 0) is 213 Å². The Bertz CT molecular complexity index is 6660. The van der Waals surface area contributed by atoms with Gasteiger partial charge in [-0.3, -0.25) is 49.6 Å². The summed E-state index contributed by atoms with van der Waals surface area (Å²) in [7, 11) is 2.05. The van der Waals surface area contributed by atoms with E-state index in [9.17, 15) is 65.5 Å². The molecule has 0 aliphatic carbocycles. The maximum Gasteiger partial charge on any atom is 0.342 e. The summed E-state index contributed by atoms with van der Waals surface area (Å²) in [5.41, 5.74) is 12.1. The molecule has 6 amide bonds. The molecule has 5 aromatic heterocycles. The van der Waals surface area contributed by atoms with Crippen LogP contribution in [0.4, 0.5) is 22.4 Å². The molecule has 0 spiro atoms. The number of fused-ring (bicyclic) bond motifs is 5. The summed E-state index contributed by atoms with van der Waals surface area (Å²) in [5, 5.41) is 37.0. The Labute approximate surface area is 863 Å². The van der Waals surface area contributed by atoms with Crippen LogP contribution in [-0.2, 0) is 87.6 Å². The van der Waals surface area contributed by atoms with Crippen LogP contribution < -0.4 is 0 Å². The van der Waals surface area contributed by atoms with Crippen LogP contribution in [0.2, 0.25) is 0 Å². The number of hydrogen-bond donors (Lipinski definition) is 5. The van der Waals surface area contributed by atoms with Gasteiger partial charge in [0.1, 0.15) is 79.6 Å². The molecular weight excluding hydrogens is 1900 g/mol. The Morgan fingerprint density at radius 2 is 0.595 bits per heavy atom. The van der Waals surface area contributed by atoms with Crippen LogP contribution in [0.15, 0.2) is 116 Å². The first-order valence-corrected chi connectivity index (χ1v) is 50.1. The number of carbonyl (C=O) groups excluding carboxylic acids is 10. The third kappa shape index (κ3) is 26.9. The highest BCUT2D eigenvalue weighted by molar-refractivity contribution is 6.20. The van der Waals surface area contributed by atoms with E-state index in [0.29, 0.717) is 108 Å². The van der Waals surface area contributed by atoms with Crippen molar-refractivity contribution in [3.63, 3.8) is 0 Å². The normalized spacial score (nSPS) is 16.4. The SMILES string of the molecule is CC(C)Cc1[nH]nc2c1C(C)(C)CN(C(=O)c1cccc(F)c1)C=C2C(=O)OC(C)C.Cc1[nH]nc2c1C(C)(C)CN(C(=O)N1CCN(C)CC1)C=C2C(=O)OC(C)C.Cc1[nH]nc2c1C(C)(C)CN(C(=O)c1cccc(F)c1)C=C2C(=O)OC(C)C.Cc1cc(C(=O)N2C=C(C(=O)OC(C)C)c3n[nH]c(C)c3C(C)(C)C2)ccc1F.Cc1ccc(C(=O)N2C=C(C(=O)OC(C)C)c3n[nH]c(CC(C)C)c3C(C)(C)C2)cc1F. The fourth-order valence-electron chi connectivity index (χ4n) is 19.3. The highest BCUT2D eigenvalue weighted by Crippen LogP contribution is 2.45. The number of halogens is 4. The fraction of sp³-hybridized carbons (Fsp3) is 0.473. The Morgan fingerprint density at radius 1 is 0.324 bits per heavy atom. The Kier molecular flexibility index (Phi) is 35.8. The van der Waals surface area contributed by atoms with Crippen LogP contribution in [-0.4, -0.2) is 241 Å². The number of aryl methyl sites for hydroxylation is 5. The van der Waals surface area contributed by atoms with Crippen molar-refractivity contribution in [2.45, 2.75) is 271 Å². The largest absolute Gasteiger partial charge is 0.459 e. The minimum absolute atomic E-state index is 0.0807. The topological polar surface area (TPSA) is 383 Å². The van der Waals surface area contributed by atoms with Gasteiger partial charge in [-0.1, -0.05) is 115 Å². The molecule has 15 rings (SSSR count). The molecule has 1 fully saturated rings. The molecule has 6 aliphatic rings. The fourth-order valence-corrected chi connectivity index (χ4v) is 19.3. The van der Waals surface area contributed by atoms with Gasteiger partial charge >= 0.3 is 35.9 Å². The third-order valence-corrected chi connectivity index (χ3v) is 25.5. The van der Waals surface area contributed by atoms with E-state index >= 15 is 0 Å². The van der Waals surface area contributed by atoms with E-state index in [0.717, 1.165) is 82.2 Å². The molecular formula is C112H143F4N17O15. The number of hydrogen-bond acceptors (Lipinski definition) is 21. The van der Waals surface area contributed by atoms with Crippen molar-refractivity contribution in [1.82, 2.24) is 85.3 Å². The highest BCUT2D eigenvalue weighted by atomic mass is 19.1. The summed E-state index contributed by atoms with van der Waals surface area (Å²) < 4.78 is 82.3. The average molecular weight is 2040 g/mol. The summed E-state index contributed by atoms with van der Waals surface area (Å²) in [6.07, 6.45) is 7.56. The molecule has 4 aromatic carbocycles. The second-order valence-electron chi connectivity index (χ2n) is 44.0. The van der Waals surface area contributed by atoms with Crippen molar-refractivity contribution in [2.75, 3.05) is 66.0 Å². The van der Waals surface area contributed by atoms with Crippen LogP contribution in [0.3, 0.4) is 0 Å². The zero-order valence-electron chi connectivity index (χ0n) is 90.8. The number of esters is 5. The van der Waals surface area contributed by atoms with Crippen molar-refractivity contribution in [2.24, 2.45) is 11.8 Å². The van der Waals surface area contributed by atoms with Gasteiger partial charge in [0.05, 0.1) is 30.5 Å². The van der Waals surface area contributed by atoms with E-state index < -0.39 is 74.9 Å². The van der Waals surface area contributed by atoms with Gasteiger partial charge in [-0.15, -0.1) is 0 Å². The smallest absolute Gasteiger partial charge is 0.342 e. The number of aromatic nitrogens is 10. The van der Waals surface area contributed by atoms with E-state index in [1.807, 2.05) is 94.9 Å². The minimum Gasteiger partial charge on any atom is -0.459 e. The lowest BCUT2D eigenvalue weighted by Crippen LogP contribution is -2.52. The van der Waals surface area contributed by atoms with E-state index in [-0.39, 0.29) is 104 Å². The molecule has 6 aliphatic heterocycles. The predicted molar refractivity (Wildman–Crippen MR) is 556 cm³/mol. The van der Waals surface area contributed by atoms with E-state index in [1.165, 1.54) is 105 Å². The number of benzene rings is 4. The average Bonchev–Trinajstić information content (AvgIpc) is 1.64. The maximum atomic E-state index is 14.2. The Balaban J connectivity index is 0.000000176. The van der Waals surface area contributed by atoms with Crippen LogP contribution >= 0.6 is 0 Å². The number of nitrogens with one attached hydrogen (secondary N) is 5. The number of carbonyl (C=O) groups is 10. The highest BCUT2D eigenvalue weighted by Gasteiger charge is 2.46. The monoisotopic (exact) mass is 2040 g/mol. The molecule has 0 unspecified atom stereocenters. The second-order valence-corrected chi connectivity index (χ2v) is 44.0. The zero-order valence-corrected chi connectivity index (χ0v) is 90.8. The molecule has 9 aromatic rings. The van der Waals surface area contributed by atoms with Crippen molar-refractivity contribution in [1.29, 1.82) is 0 Å². The Hall–Kier alpha value is -14.2. The minimum atomic E-state index is -0.558. The summed E-state index contributed by atoms with van der Waals surface area (Å²) >= 11 is 0. The second kappa shape index (κ2) is 46.5. The first-order chi connectivity index (χ1) is 69.1. The molecule has 11 heterocycles. The van der Waals surface area contributed by atoms with Gasteiger partial charge in [0, 0.05) is 196 Å². The number of ether oxygens (including phenoxy) is 5. The lowest BCUT2D eigenvalue weighted by Gasteiger charge is -2.37. The molecule has 148 heavy (non-hydrogen) atoms. The van der Waals surface area contributed by atoms with Crippen LogP contribution in [0, 0.1) is 69.7 Å². The molecule has 36 heteroatoms. The van der Waals surface area contributed by atoms with Gasteiger partial charge in [0.15, 0.2) is 0 Å². The first kappa shape index (κ1) is 114. The number of aromatic amines is 5. The number of H-pyrrole nitrogens is 5. The molecule has 0 radical (unpaired) electrons. The lowest BCUT2D eigenvalue weighted by molar-refractivity contribution is -0.141. The molecule has 794 valence electrons. The number of amides is 6. The Morgan fingerprint density at radius 3 is 0.885 bits per heavy atom. The predicted octanol–water partition coefficient (Wildman–Crippen LogP) is 18.7. The number of piperazine rings is 1. The molecule has 0 atom stereocenters. The van der Waals surface area contributed by atoms with Gasteiger partial charge in [0.2, 0.25) is 0 Å². The maximum absolute atomic E-state index is 14.2. The number of nitrogens with zero attached hydrogens (tertiary/aromatic N) is 12. The van der Waals surface area contributed by atoms with Gasteiger partial charge in [0.25, 0.3) is 23.6 Å². The number of likely N-dealkylation sites (N-methyl/N-ethyl adjacent to an activating group) is 1. The summed E-state index contributed by atoms with van der Waals surface area (Å²) in [4.78, 5) is 142. The van der Waals surface area contributed by atoms with E-state index in [2.05, 4.69) is 104 Å². The molecule has 0 saturated carbocycles. The molecule has 1 saturated heterocycles. The lowest BCUT2D eigenvalue weighted by atomic mass is 9.80. The molecule has 32 nitrogen and oxygen atoms in total. The summed E-state index contributed by atoms with van der Waals surface area (Å²) in [5.74, 6) is -5.18. The van der Waals surface area contributed by atoms with E-state index in [1.54, 1.807) is 105 Å². The molecule has 0 bridgehead atoms. The van der Waals surface area contributed by atoms with Gasteiger partial charge < -0.3 is 53.1 Å². The van der Waals surface area contributed by atoms with Crippen LogP contribution in [0.25, 0.3) is 27.9 Å². The summed E-state index contributed by atoms with van der Waals surface area (Å²) in [6, 6.07) is 19.6. The van der Waals surface area contributed by atoms with Crippen molar-refractivity contribution >= 4 is 87.4 Å². The number of urea groups is 1. The number of rotatable bonds is 18. The van der Waals surface area contributed by atoms with Crippen molar-refractivity contribution in [3.8, 4) is 0 Å².